The van der Waals surface area contributed by atoms with E-state index in [4.69, 9.17) is 19.2 Å². The van der Waals surface area contributed by atoms with Crippen LogP contribution in [0.25, 0.3) is 0 Å². The summed E-state index contributed by atoms with van der Waals surface area (Å²) in [6.07, 6.45) is 0. The average Bonchev–Trinajstić information content (AvgIpc) is 0.722. The molecule has 0 unspecified atom stereocenters. The third kappa shape index (κ3) is 93.8. The fourth-order valence-corrected chi connectivity index (χ4v) is 0. The van der Waals surface area contributed by atoms with E-state index in [9.17, 15) is 0 Å². The summed E-state index contributed by atoms with van der Waals surface area (Å²) in [6, 6.07) is 0. The third-order valence-electron chi connectivity index (χ3n) is 0. The molecule has 0 saturated carbocycles. The second-order valence-electron chi connectivity index (χ2n) is 0.447. The van der Waals surface area contributed by atoms with Crippen LogP contribution in [-0.2, 0) is 4.57 Å². The molecule has 0 aliphatic carbocycles. The van der Waals surface area contributed by atoms with Gasteiger partial charge < -0.3 is 19.2 Å². The summed E-state index contributed by atoms with van der Waals surface area (Å²) in [5.41, 5.74) is 0. The van der Waals surface area contributed by atoms with Crippen molar-refractivity contribution < 1.29 is 38.1 Å². The smallest absolute Gasteiger partial charge is 0.822 e. The summed E-state index contributed by atoms with van der Waals surface area (Å²) in [6.45, 7) is 0. The zero-order valence-corrected chi connectivity index (χ0v) is 7.90. The van der Waals surface area contributed by atoms with Crippen molar-refractivity contribution >= 4 is 34.0 Å². The monoisotopic (exact) mass is 311 g/mol. The van der Waals surface area contributed by atoms with Gasteiger partial charge in [-0.2, -0.15) is 7.82 Å². The van der Waals surface area contributed by atoms with Crippen molar-refractivity contribution in [3.05, 3.63) is 0 Å². The van der Waals surface area contributed by atoms with Gasteiger partial charge in [-0.05, 0) is 0 Å². The second kappa shape index (κ2) is 5.72. The zero-order chi connectivity index (χ0) is 4.50. The molecule has 4 nitrogen and oxygen atoms in total. The summed E-state index contributed by atoms with van der Waals surface area (Å²) in [7, 11) is -5.39. The van der Waals surface area contributed by atoms with E-state index in [0.29, 0.717) is 0 Å². The molecule has 0 fully saturated rings. The quantitative estimate of drug-likeness (QED) is 0.329. The Bertz CT molecular complexity index is 57.8. The Morgan fingerprint density at radius 2 is 1.14 bits per heavy atom. The van der Waals surface area contributed by atoms with E-state index in [-0.39, 0.29) is 45.1 Å². The van der Waals surface area contributed by atoms with Crippen LogP contribution in [0.1, 0.15) is 0 Å². The molecule has 0 aliphatic rings. The number of hydrogen-bond acceptors (Lipinski definition) is 4. The molecule has 7 heteroatoms. The first-order valence-electron chi connectivity index (χ1n) is 0.730. The minimum atomic E-state index is -5.39. The van der Waals surface area contributed by atoms with Crippen molar-refractivity contribution in [3.8, 4) is 0 Å². The molecule has 0 amide bonds. The van der Waals surface area contributed by atoms with Crippen LogP contribution in [0.3, 0.4) is 0 Å². The van der Waals surface area contributed by atoms with Crippen molar-refractivity contribution in [1.82, 2.24) is 0 Å². The van der Waals surface area contributed by atoms with Gasteiger partial charge in [0.05, 0.1) is 0 Å². The Labute approximate surface area is 71.9 Å². The van der Waals surface area contributed by atoms with Crippen LogP contribution in [-0.4, -0.2) is 26.2 Å². The third-order valence-corrected chi connectivity index (χ3v) is 0. The molecule has 7 heavy (non-hydrogen) atoms. The molecule has 0 aromatic carbocycles. The fourth-order valence-electron chi connectivity index (χ4n) is 0. The van der Waals surface area contributed by atoms with Crippen LogP contribution in [0.5, 0.6) is 0 Å². The molecule has 0 bridgehead atoms. The van der Waals surface area contributed by atoms with Gasteiger partial charge in [-0.15, -0.1) is 0 Å². The summed E-state index contributed by atoms with van der Waals surface area (Å²) >= 11 is 0. The van der Waals surface area contributed by atoms with Gasteiger partial charge in [0.25, 0.3) is 0 Å². The van der Waals surface area contributed by atoms with E-state index in [2.05, 4.69) is 0 Å². The Balaban J connectivity index is -0.0000000800. The minimum Gasteiger partial charge on any atom is -0.822 e. The molecule has 0 N–H and O–H groups in total. The summed E-state index contributed by atoms with van der Waals surface area (Å²) in [5, 5.41) is 0. The molecule has 0 aliphatic heterocycles. The van der Waals surface area contributed by atoms with Gasteiger partial charge in [-0.3, -0.25) is 0 Å². The fraction of sp³-hybridized carbons (Fsp3) is 0. The van der Waals surface area contributed by atoms with Crippen LogP contribution in [0.15, 0.2) is 0 Å². The van der Waals surface area contributed by atoms with Crippen LogP contribution in [0.4, 0.5) is 0 Å². The Hall–Kier alpha value is 1.59. The normalized spacial score (nSPS) is 8.43. The van der Waals surface area contributed by atoms with E-state index in [1.807, 2.05) is 0 Å². The van der Waals surface area contributed by atoms with E-state index in [1.165, 1.54) is 0 Å². The van der Waals surface area contributed by atoms with E-state index in [0.717, 1.165) is 0 Å². The first kappa shape index (κ1) is 15.8. The van der Waals surface area contributed by atoms with Crippen molar-refractivity contribution in [2.45, 2.75) is 0 Å². The first-order valence-corrected chi connectivity index (χ1v) is 2.19. The molecule has 0 heterocycles. The van der Waals surface area contributed by atoms with Crippen LogP contribution in [0, 0.1) is 0 Å². The molecular weight excluding hydrogens is 311 g/mol. The van der Waals surface area contributed by atoms with E-state index >= 15 is 0 Å². The second-order valence-corrected chi connectivity index (χ2v) is 1.34. The van der Waals surface area contributed by atoms with Gasteiger partial charge in [0.2, 0.25) is 0 Å². The standard InChI is InChI=1S/Bi.Li.H3O4P/c;;1-5(2,3)4/h;;(H3,1,2,3,4)/q+3;+1;/p-3. The summed E-state index contributed by atoms with van der Waals surface area (Å²) in [5.74, 6) is 0. The molecule has 0 spiro atoms. The molecule has 0 aromatic rings. The largest absolute Gasteiger partial charge is 3.00 e. The maximum Gasteiger partial charge on any atom is 3.00 e. The molecule has 2 radical (unpaired) electrons. The summed E-state index contributed by atoms with van der Waals surface area (Å²) < 4.78 is 8.55. The van der Waals surface area contributed by atoms with Gasteiger partial charge in [0.15, 0.2) is 0 Å². The van der Waals surface area contributed by atoms with Gasteiger partial charge in [-0.25, -0.2) is 0 Å². The minimum absolute atomic E-state index is 0. The van der Waals surface area contributed by atoms with Crippen LogP contribution in [0.2, 0.25) is 0 Å². The molecule has 34 valence electrons. The topological polar surface area (TPSA) is 86.2 Å². The van der Waals surface area contributed by atoms with E-state index in [1.54, 1.807) is 0 Å². The number of phosphoric acid groups is 1. The SMILES string of the molecule is O=P([O-])([O-])[O-].[Bi+3].[Li+]. The van der Waals surface area contributed by atoms with Crippen molar-refractivity contribution in [2.24, 2.45) is 0 Å². The van der Waals surface area contributed by atoms with Crippen molar-refractivity contribution in [2.75, 3.05) is 0 Å². The van der Waals surface area contributed by atoms with E-state index < -0.39 is 7.82 Å². The van der Waals surface area contributed by atoms with Crippen LogP contribution < -0.4 is 33.5 Å². The molecule has 0 atom stereocenters. The van der Waals surface area contributed by atoms with Gasteiger partial charge in [0, 0.05) is 0 Å². The molecule has 0 rings (SSSR count). The predicted octanol–water partition coefficient (Wildman–Crippen LogP) is -6.20. The molecule has 0 aromatic heterocycles. The Morgan fingerprint density at radius 3 is 1.14 bits per heavy atom. The van der Waals surface area contributed by atoms with Gasteiger partial charge in [0.1, 0.15) is 0 Å². The van der Waals surface area contributed by atoms with Crippen molar-refractivity contribution in [3.63, 3.8) is 0 Å². The maximum absolute atomic E-state index is 8.55. The Kier molecular flexibility index (Phi) is 12.9. The van der Waals surface area contributed by atoms with Crippen LogP contribution >= 0.6 is 7.82 Å². The molecule has 0 saturated heterocycles. The van der Waals surface area contributed by atoms with Gasteiger partial charge >= 0.3 is 45.1 Å². The summed E-state index contributed by atoms with van der Waals surface area (Å²) in [4.78, 5) is 25.6. The van der Waals surface area contributed by atoms with Crippen molar-refractivity contribution in [1.29, 1.82) is 0 Å². The average molecular weight is 311 g/mol. The predicted molar refractivity (Wildman–Crippen MR) is 13.4 cm³/mol. The maximum atomic E-state index is 8.55. The first-order chi connectivity index (χ1) is 2.00. The zero-order valence-electron chi connectivity index (χ0n) is 3.53. The number of hydrogen-bond donors (Lipinski definition) is 0. The Morgan fingerprint density at radius 1 is 1.14 bits per heavy atom. The number of rotatable bonds is 0. The molecular formula is BiLiO4P+. The van der Waals surface area contributed by atoms with Gasteiger partial charge in [-0.1, -0.05) is 0 Å².